The van der Waals surface area contributed by atoms with Crippen molar-refractivity contribution in [3.8, 4) is 0 Å². The molecule has 2 N–H and O–H groups in total. The molecule has 1 amide bonds. The molecule has 9 heteroatoms. The van der Waals surface area contributed by atoms with Gasteiger partial charge in [0.1, 0.15) is 4.90 Å². The number of nitrogens with one attached hydrogen (secondary N) is 1. The highest BCUT2D eigenvalue weighted by atomic mass is 35.5. The number of benzene rings is 2. The van der Waals surface area contributed by atoms with Crippen molar-refractivity contribution >= 4 is 33.2 Å². The second kappa shape index (κ2) is 11.1. The summed E-state index contributed by atoms with van der Waals surface area (Å²) in [6.07, 6.45) is 4.05. The standard InChI is InChI=1S/C23H24ClN3O4S/c24-20-10-8-18(9-11-20)17-27(32(30,31)22-7-4-12-25-16-22)21-6-3-5-19(15-21)23(29)26-13-1-2-14-28/h3-12,15-16,28H,1-2,13-14,17H2,(H,26,29). The lowest BCUT2D eigenvalue weighted by atomic mass is 10.1. The number of carbonyl (C=O) groups excluding carboxylic acids is 1. The lowest BCUT2D eigenvalue weighted by Gasteiger charge is -2.25. The number of aliphatic hydroxyl groups is 1. The first kappa shape index (κ1) is 23.7. The summed E-state index contributed by atoms with van der Waals surface area (Å²) in [5.41, 5.74) is 1.43. The summed E-state index contributed by atoms with van der Waals surface area (Å²) in [4.78, 5) is 16.5. The van der Waals surface area contributed by atoms with Crippen molar-refractivity contribution in [2.75, 3.05) is 17.5 Å². The fraction of sp³-hybridized carbons (Fsp3) is 0.217. The van der Waals surface area contributed by atoms with Gasteiger partial charge in [-0.2, -0.15) is 0 Å². The Morgan fingerprint density at radius 3 is 2.53 bits per heavy atom. The van der Waals surface area contributed by atoms with Crippen LogP contribution in [0.3, 0.4) is 0 Å². The Kier molecular flexibility index (Phi) is 8.21. The second-order valence-electron chi connectivity index (χ2n) is 7.06. The largest absolute Gasteiger partial charge is 0.396 e. The summed E-state index contributed by atoms with van der Waals surface area (Å²) < 4.78 is 28.2. The highest BCUT2D eigenvalue weighted by molar-refractivity contribution is 7.92. The third-order valence-corrected chi connectivity index (χ3v) is 6.74. The van der Waals surface area contributed by atoms with E-state index in [9.17, 15) is 13.2 Å². The summed E-state index contributed by atoms with van der Waals surface area (Å²) >= 11 is 5.97. The Bertz CT molecular complexity index is 1140. The lowest BCUT2D eigenvalue weighted by Crippen LogP contribution is -2.31. The predicted octanol–water partition coefficient (Wildman–Crippen LogP) is 3.63. The molecular formula is C23H24ClN3O4S. The molecule has 2 aromatic carbocycles. The van der Waals surface area contributed by atoms with Crippen LogP contribution in [0.15, 0.2) is 78.0 Å². The number of hydrogen-bond acceptors (Lipinski definition) is 5. The van der Waals surface area contributed by atoms with Crippen molar-refractivity contribution < 1.29 is 18.3 Å². The number of carbonyl (C=O) groups is 1. The van der Waals surface area contributed by atoms with E-state index < -0.39 is 10.0 Å². The number of halogens is 1. The molecule has 0 radical (unpaired) electrons. The van der Waals surface area contributed by atoms with E-state index in [0.29, 0.717) is 35.7 Å². The molecule has 0 aliphatic heterocycles. The number of rotatable bonds is 10. The molecule has 0 unspecified atom stereocenters. The summed E-state index contributed by atoms with van der Waals surface area (Å²) in [5, 5.41) is 12.2. The quantitative estimate of drug-likeness (QED) is 0.438. The molecule has 1 heterocycles. The van der Waals surface area contributed by atoms with Gasteiger partial charge in [0.05, 0.1) is 12.2 Å². The SMILES string of the molecule is O=C(NCCCCO)c1cccc(N(Cc2ccc(Cl)cc2)S(=O)(=O)c2cccnc2)c1. The Morgan fingerprint density at radius 2 is 1.84 bits per heavy atom. The maximum absolute atomic E-state index is 13.5. The van der Waals surface area contributed by atoms with Crippen LogP contribution in [0, 0.1) is 0 Å². The first-order valence-corrected chi connectivity index (χ1v) is 11.9. The number of aliphatic hydroxyl groups excluding tert-OH is 1. The van der Waals surface area contributed by atoms with Crippen LogP contribution in [0.25, 0.3) is 0 Å². The Hall–Kier alpha value is -2.94. The van der Waals surface area contributed by atoms with Crippen LogP contribution in [-0.2, 0) is 16.6 Å². The molecule has 3 aromatic rings. The number of hydrogen-bond donors (Lipinski definition) is 2. The number of amides is 1. The highest BCUT2D eigenvalue weighted by Crippen LogP contribution is 2.27. The average molecular weight is 474 g/mol. The zero-order chi connectivity index (χ0) is 23.0. The molecule has 0 aliphatic rings. The summed E-state index contributed by atoms with van der Waals surface area (Å²) in [5.74, 6) is -0.310. The maximum Gasteiger partial charge on any atom is 0.266 e. The molecule has 7 nitrogen and oxygen atoms in total. The van der Waals surface area contributed by atoms with Gasteiger partial charge < -0.3 is 10.4 Å². The van der Waals surface area contributed by atoms with Gasteiger partial charge in [-0.3, -0.25) is 14.1 Å². The van der Waals surface area contributed by atoms with E-state index in [2.05, 4.69) is 10.3 Å². The van der Waals surface area contributed by atoms with Gasteiger partial charge in [-0.15, -0.1) is 0 Å². The van der Waals surface area contributed by atoms with Gasteiger partial charge in [-0.25, -0.2) is 8.42 Å². The Balaban J connectivity index is 1.94. The molecule has 0 fully saturated rings. The van der Waals surface area contributed by atoms with E-state index in [-0.39, 0.29) is 24.0 Å². The van der Waals surface area contributed by atoms with E-state index in [4.69, 9.17) is 16.7 Å². The van der Waals surface area contributed by atoms with E-state index in [1.54, 1.807) is 54.6 Å². The summed E-state index contributed by atoms with van der Waals surface area (Å²) in [6, 6.07) is 16.4. The molecular weight excluding hydrogens is 450 g/mol. The predicted molar refractivity (Wildman–Crippen MR) is 124 cm³/mol. The van der Waals surface area contributed by atoms with Gasteiger partial charge in [0.2, 0.25) is 0 Å². The third-order valence-electron chi connectivity index (χ3n) is 4.73. The molecule has 1 aromatic heterocycles. The second-order valence-corrected chi connectivity index (χ2v) is 9.36. The van der Waals surface area contributed by atoms with Crippen molar-refractivity contribution in [2.24, 2.45) is 0 Å². The van der Waals surface area contributed by atoms with E-state index >= 15 is 0 Å². The molecule has 0 bridgehead atoms. The normalized spacial score (nSPS) is 11.2. The molecule has 0 saturated carbocycles. The summed E-state index contributed by atoms with van der Waals surface area (Å²) in [6.45, 7) is 0.541. The Labute approximate surface area is 192 Å². The molecule has 32 heavy (non-hydrogen) atoms. The molecule has 168 valence electrons. The third kappa shape index (κ3) is 6.06. The maximum atomic E-state index is 13.5. The molecule has 0 spiro atoms. The molecule has 3 rings (SSSR count). The number of unbranched alkanes of at least 4 members (excludes halogenated alkanes) is 1. The van der Waals surface area contributed by atoms with Crippen LogP contribution in [0.5, 0.6) is 0 Å². The minimum Gasteiger partial charge on any atom is -0.396 e. The minimum atomic E-state index is -3.95. The smallest absolute Gasteiger partial charge is 0.266 e. The molecule has 0 atom stereocenters. The highest BCUT2D eigenvalue weighted by Gasteiger charge is 2.26. The topological polar surface area (TPSA) is 99.6 Å². The van der Waals surface area contributed by atoms with Gasteiger partial charge in [-0.05, 0) is 60.9 Å². The number of sulfonamides is 1. The van der Waals surface area contributed by atoms with Crippen LogP contribution in [0.2, 0.25) is 5.02 Å². The minimum absolute atomic E-state index is 0.0489. The monoisotopic (exact) mass is 473 g/mol. The van der Waals surface area contributed by atoms with Gasteiger partial charge in [0.15, 0.2) is 0 Å². The van der Waals surface area contributed by atoms with Crippen LogP contribution in [0.1, 0.15) is 28.8 Å². The van der Waals surface area contributed by atoms with Crippen LogP contribution >= 0.6 is 11.6 Å². The molecule has 0 aliphatic carbocycles. The fourth-order valence-corrected chi connectivity index (χ4v) is 4.58. The first-order chi connectivity index (χ1) is 15.4. The summed E-state index contributed by atoms with van der Waals surface area (Å²) in [7, 11) is -3.95. The van der Waals surface area contributed by atoms with E-state index in [1.807, 2.05) is 0 Å². The van der Waals surface area contributed by atoms with Crippen molar-refractivity contribution in [2.45, 2.75) is 24.3 Å². The number of anilines is 1. The zero-order valence-corrected chi connectivity index (χ0v) is 18.9. The van der Waals surface area contributed by atoms with Crippen molar-refractivity contribution in [1.29, 1.82) is 0 Å². The van der Waals surface area contributed by atoms with E-state index in [1.165, 1.54) is 22.8 Å². The van der Waals surface area contributed by atoms with Crippen LogP contribution in [0.4, 0.5) is 5.69 Å². The van der Waals surface area contributed by atoms with E-state index in [0.717, 1.165) is 5.56 Å². The van der Waals surface area contributed by atoms with Gasteiger partial charge >= 0.3 is 0 Å². The van der Waals surface area contributed by atoms with Gasteiger partial charge in [-0.1, -0.05) is 29.8 Å². The van der Waals surface area contributed by atoms with Gasteiger partial charge in [0.25, 0.3) is 15.9 Å². The first-order valence-electron chi connectivity index (χ1n) is 10.1. The van der Waals surface area contributed by atoms with Gasteiger partial charge in [0, 0.05) is 36.1 Å². The number of nitrogens with zero attached hydrogens (tertiary/aromatic N) is 2. The van der Waals surface area contributed by atoms with Crippen LogP contribution < -0.4 is 9.62 Å². The Morgan fingerprint density at radius 1 is 1.06 bits per heavy atom. The number of pyridine rings is 1. The van der Waals surface area contributed by atoms with Crippen molar-refractivity contribution in [3.63, 3.8) is 0 Å². The zero-order valence-electron chi connectivity index (χ0n) is 17.3. The number of aromatic nitrogens is 1. The average Bonchev–Trinajstić information content (AvgIpc) is 2.82. The van der Waals surface area contributed by atoms with Crippen molar-refractivity contribution in [1.82, 2.24) is 10.3 Å². The fourth-order valence-electron chi connectivity index (χ4n) is 3.04. The van der Waals surface area contributed by atoms with Crippen molar-refractivity contribution in [3.05, 3.63) is 89.2 Å². The lowest BCUT2D eigenvalue weighted by molar-refractivity contribution is 0.0952. The molecule has 0 saturated heterocycles. The van der Waals surface area contributed by atoms with Crippen LogP contribution in [-0.4, -0.2) is 37.6 Å².